The van der Waals surface area contributed by atoms with Crippen LogP contribution in [-0.2, 0) is 0 Å². The Morgan fingerprint density at radius 2 is 1.75 bits per heavy atom. The summed E-state index contributed by atoms with van der Waals surface area (Å²) in [5.41, 5.74) is -1.54. The molecule has 0 saturated heterocycles. The molecule has 0 aromatic carbocycles. The lowest BCUT2D eigenvalue weighted by Gasteiger charge is -2.37. The van der Waals surface area contributed by atoms with E-state index in [2.05, 4.69) is 19.2 Å². The van der Waals surface area contributed by atoms with Crippen LogP contribution in [0.1, 0.15) is 46.0 Å². The first kappa shape index (κ1) is 12.2. The van der Waals surface area contributed by atoms with Crippen LogP contribution in [0, 0.1) is 11.8 Å². The van der Waals surface area contributed by atoms with Gasteiger partial charge in [-0.1, -0.05) is 20.3 Å². The molecule has 0 amide bonds. The average Bonchev–Trinajstić information content (AvgIpc) is 2.91. The second-order valence-corrected chi connectivity index (χ2v) is 5.73. The molecule has 0 aliphatic heterocycles. The summed E-state index contributed by atoms with van der Waals surface area (Å²) < 4.78 is 38.4. The molecule has 0 radical (unpaired) electrons. The van der Waals surface area contributed by atoms with E-state index in [1.54, 1.807) is 0 Å². The molecule has 3 unspecified atom stereocenters. The summed E-state index contributed by atoms with van der Waals surface area (Å²) in [4.78, 5) is 0. The molecule has 94 valence electrons. The van der Waals surface area contributed by atoms with Crippen molar-refractivity contribution in [2.45, 2.75) is 63.7 Å². The Labute approximate surface area is 94.8 Å². The molecule has 3 atom stereocenters. The van der Waals surface area contributed by atoms with Crippen molar-refractivity contribution in [1.82, 2.24) is 5.32 Å². The van der Waals surface area contributed by atoms with E-state index < -0.39 is 11.7 Å². The number of hydrogen-bond acceptors (Lipinski definition) is 1. The topological polar surface area (TPSA) is 12.0 Å². The van der Waals surface area contributed by atoms with Gasteiger partial charge in [-0.3, -0.25) is 0 Å². The number of nitrogens with one attached hydrogen (secondary N) is 1. The summed E-state index contributed by atoms with van der Waals surface area (Å²) in [6.07, 6.45) is -0.472. The van der Waals surface area contributed by atoms with Gasteiger partial charge in [0.2, 0.25) is 0 Å². The molecule has 0 heterocycles. The third-order valence-corrected chi connectivity index (χ3v) is 4.21. The van der Waals surface area contributed by atoms with Gasteiger partial charge in [-0.2, -0.15) is 13.2 Å². The van der Waals surface area contributed by atoms with Gasteiger partial charge >= 0.3 is 6.18 Å². The van der Waals surface area contributed by atoms with Crippen molar-refractivity contribution in [3.63, 3.8) is 0 Å². The number of rotatable bonds is 2. The summed E-state index contributed by atoms with van der Waals surface area (Å²) in [5, 5.41) is 2.90. The van der Waals surface area contributed by atoms with E-state index in [0.29, 0.717) is 11.8 Å². The Morgan fingerprint density at radius 3 is 2.25 bits per heavy atom. The second-order valence-electron chi connectivity index (χ2n) is 5.73. The molecule has 2 aliphatic rings. The lowest BCUT2D eigenvalue weighted by molar-refractivity contribution is -0.169. The Kier molecular flexibility index (Phi) is 2.97. The SMILES string of the molecule is CC1CCC(C)C(NC2(C(F)(F)F)CC2)C1. The Morgan fingerprint density at radius 1 is 1.12 bits per heavy atom. The van der Waals surface area contributed by atoms with Crippen molar-refractivity contribution in [2.75, 3.05) is 0 Å². The molecule has 2 saturated carbocycles. The molecule has 4 heteroatoms. The zero-order valence-corrected chi connectivity index (χ0v) is 9.90. The van der Waals surface area contributed by atoms with E-state index in [9.17, 15) is 13.2 Å². The minimum absolute atomic E-state index is 0.0490. The maximum atomic E-state index is 12.8. The van der Waals surface area contributed by atoms with E-state index in [-0.39, 0.29) is 18.9 Å². The Balaban J connectivity index is 1.98. The fraction of sp³-hybridized carbons (Fsp3) is 1.00. The molecule has 0 aromatic rings. The lowest BCUT2D eigenvalue weighted by Crippen LogP contribution is -2.53. The molecule has 1 N–H and O–H groups in total. The van der Waals surface area contributed by atoms with Crippen LogP contribution in [0.3, 0.4) is 0 Å². The summed E-state index contributed by atoms with van der Waals surface area (Å²) in [6, 6.07) is 0.0490. The third kappa shape index (κ3) is 2.22. The summed E-state index contributed by atoms with van der Waals surface area (Å²) in [5.74, 6) is 0.925. The fourth-order valence-corrected chi connectivity index (χ4v) is 2.72. The summed E-state index contributed by atoms with van der Waals surface area (Å²) >= 11 is 0. The van der Waals surface area contributed by atoms with Crippen molar-refractivity contribution in [1.29, 1.82) is 0 Å². The van der Waals surface area contributed by atoms with Crippen LogP contribution in [0.5, 0.6) is 0 Å². The van der Waals surface area contributed by atoms with Gasteiger partial charge in [0.1, 0.15) is 5.54 Å². The minimum atomic E-state index is -4.08. The van der Waals surface area contributed by atoms with Gasteiger partial charge in [0.15, 0.2) is 0 Å². The Hall–Kier alpha value is -0.250. The number of hydrogen-bond donors (Lipinski definition) is 1. The highest BCUT2D eigenvalue weighted by Gasteiger charge is 2.64. The van der Waals surface area contributed by atoms with E-state index in [1.807, 2.05) is 0 Å². The summed E-state index contributed by atoms with van der Waals surface area (Å²) in [6.45, 7) is 4.20. The third-order valence-electron chi connectivity index (χ3n) is 4.21. The van der Waals surface area contributed by atoms with E-state index in [4.69, 9.17) is 0 Å². The smallest absolute Gasteiger partial charge is 0.301 e. The van der Waals surface area contributed by atoms with Crippen LogP contribution in [0.4, 0.5) is 13.2 Å². The van der Waals surface area contributed by atoms with Crippen molar-refractivity contribution in [3.8, 4) is 0 Å². The van der Waals surface area contributed by atoms with Gasteiger partial charge in [0.25, 0.3) is 0 Å². The van der Waals surface area contributed by atoms with Crippen molar-refractivity contribution >= 4 is 0 Å². The number of alkyl halides is 3. The predicted molar refractivity (Wildman–Crippen MR) is 57.1 cm³/mol. The Bertz CT molecular complexity index is 257. The zero-order chi connectivity index (χ0) is 12.0. The zero-order valence-electron chi connectivity index (χ0n) is 9.90. The predicted octanol–water partition coefficient (Wildman–Crippen LogP) is 3.50. The normalized spacial score (nSPS) is 38.4. The molecule has 0 aromatic heterocycles. The average molecular weight is 235 g/mol. The molecule has 1 nitrogen and oxygen atoms in total. The highest BCUT2D eigenvalue weighted by molar-refractivity contribution is 5.09. The van der Waals surface area contributed by atoms with E-state index in [1.165, 1.54) is 0 Å². The van der Waals surface area contributed by atoms with E-state index in [0.717, 1.165) is 19.3 Å². The van der Waals surface area contributed by atoms with Crippen LogP contribution in [0.25, 0.3) is 0 Å². The molecule has 0 bridgehead atoms. The van der Waals surface area contributed by atoms with Gasteiger partial charge in [-0.05, 0) is 37.5 Å². The largest absolute Gasteiger partial charge is 0.406 e. The first-order valence-corrected chi connectivity index (χ1v) is 6.18. The van der Waals surface area contributed by atoms with Crippen LogP contribution in [0.15, 0.2) is 0 Å². The van der Waals surface area contributed by atoms with Gasteiger partial charge < -0.3 is 5.32 Å². The molecule has 2 fully saturated rings. The monoisotopic (exact) mass is 235 g/mol. The maximum Gasteiger partial charge on any atom is 0.406 e. The summed E-state index contributed by atoms with van der Waals surface area (Å²) in [7, 11) is 0. The van der Waals surface area contributed by atoms with Gasteiger partial charge in [-0.15, -0.1) is 0 Å². The maximum absolute atomic E-state index is 12.8. The van der Waals surface area contributed by atoms with Crippen LogP contribution < -0.4 is 5.32 Å². The molecule has 0 spiro atoms. The van der Waals surface area contributed by atoms with Gasteiger partial charge in [-0.25, -0.2) is 0 Å². The van der Waals surface area contributed by atoms with Crippen LogP contribution in [-0.4, -0.2) is 17.8 Å². The fourth-order valence-electron chi connectivity index (χ4n) is 2.72. The highest BCUT2D eigenvalue weighted by Crippen LogP contribution is 2.50. The van der Waals surface area contributed by atoms with Crippen LogP contribution >= 0.6 is 0 Å². The van der Waals surface area contributed by atoms with Crippen molar-refractivity contribution in [2.24, 2.45) is 11.8 Å². The van der Waals surface area contributed by atoms with Gasteiger partial charge in [0, 0.05) is 6.04 Å². The first-order valence-electron chi connectivity index (χ1n) is 6.18. The second kappa shape index (κ2) is 3.90. The van der Waals surface area contributed by atoms with Crippen molar-refractivity contribution in [3.05, 3.63) is 0 Å². The lowest BCUT2D eigenvalue weighted by atomic mass is 9.79. The van der Waals surface area contributed by atoms with Gasteiger partial charge in [0.05, 0.1) is 0 Å². The number of halogens is 3. The minimum Gasteiger partial charge on any atom is -0.301 e. The first-order chi connectivity index (χ1) is 7.34. The van der Waals surface area contributed by atoms with Crippen LogP contribution in [0.2, 0.25) is 0 Å². The molecule has 2 rings (SSSR count). The standard InChI is InChI=1S/C12H20F3N/c1-8-3-4-9(2)10(7-8)16-11(5-6-11)12(13,14)15/h8-10,16H,3-7H2,1-2H3. The van der Waals surface area contributed by atoms with E-state index >= 15 is 0 Å². The highest BCUT2D eigenvalue weighted by atomic mass is 19.4. The molecular weight excluding hydrogens is 215 g/mol. The van der Waals surface area contributed by atoms with Crippen molar-refractivity contribution < 1.29 is 13.2 Å². The molecular formula is C12H20F3N. The quantitative estimate of drug-likeness (QED) is 0.772. The molecule has 2 aliphatic carbocycles. The molecule has 16 heavy (non-hydrogen) atoms.